The zero-order valence-corrected chi connectivity index (χ0v) is 24.2. The molecule has 1 aliphatic heterocycles. The third kappa shape index (κ3) is 6.99. The van der Waals surface area contributed by atoms with Crippen molar-refractivity contribution in [3.8, 4) is 5.75 Å². The van der Waals surface area contributed by atoms with Crippen LogP contribution in [0.5, 0.6) is 5.75 Å². The summed E-state index contributed by atoms with van der Waals surface area (Å²) in [6.07, 6.45) is 1.80. The van der Waals surface area contributed by atoms with Gasteiger partial charge in [-0.05, 0) is 98.3 Å². The Hall–Kier alpha value is -1.77. The summed E-state index contributed by atoms with van der Waals surface area (Å²) in [4.78, 5) is 0.415. The molecule has 0 aromatic heterocycles. The van der Waals surface area contributed by atoms with Gasteiger partial charge in [0.15, 0.2) is 6.29 Å². The highest BCUT2D eigenvalue weighted by Crippen LogP contribution is 2.45. The molecule has 0 bridgehead atoms. The zero-order chi connectivity index (χ0) is 28.3. The summed E-state index contributed by atoms with van der Waals surface area (Å²) in [7, 11) is 0. The van der Waals surface area contributed by atoms with E-state index in [4.69, 9.17) is 14.2 Å². The van der Waals surface area contributed by atoms with Gasteiger partial charge in [0.2, 0.25) is 0 Å². The molecular formula is C32H40F4O3S. The molecule has 3 aliphatic rings. The Morgan fingerprint density at radius 3 is 2.15 bits per heavy atom. The minimum absolute atomic E-state index is 0.0948. The maximum Gasteiger partial charge on any atom is 0.400 e. The SMILES string of the molecule is CCSc1ccc(OC(F)(F)C2CCC(c3ccc(C4CCC(C5OCC(C)CO5)CC4)cc3F)CC2)cc1F. The van der Waals surface area contributed by atoms with Crippen LogP contribution in [0, 0.1) is 29.4 Å². The van der Waals surface area contributed by atoms with Crippen molar-refractivity contribution in [3.63, 3.8) is 0 Å². The lowest BCUT2D eigenvalue weighted by Gasteiger charge is -2.37. The average Bonchev–Trinajstić information content (AvgIpc) is 2.95. The van der Waals surface area contributed by atoms with Crippen molar-refractivity contribution >= 4 is 11.8 Å². The van der Waals surface area contributed by atoms with E-state index in [2.05, 4.69) is 6.92 Å². The molecule has 220 valence electrons. The van der Waals surface area contributed by atoms with Crippen molar-refractivity contribution in [1.29, 1.82) is 0 Å². The standard InChI is InChI=1S/C32H40F4O3S/c1-3-40-30-15-13-26(17-29(30)34)39-32(35,36)25-11-8-22(9-12-25)27-14-10-24(16-28(27)33)21-4-6-23(7-5-21)31-37-18-20(2)19-38-31/h10,13-17,20-23,25,31H,3-9,11-12,18-19H2,1-2H3. The van der Waals surface area contributed by atoms with Gasteiger partial charge in [-0.3, -0.25) is 0 Å². The van der Waals surface area contributed by atoms with E-state index in [1.54, 1.807) is 6.07 Å². The molecule has 0 radical (unpaired) electrons. The molecule has 2 aliphatic carbocycles. The Morgan fingerprint density at radius 1 is 0.850 bits per heavy atom. The van der Waals surface area contributed by atoms with Crippen LogP contribution in [0.1, 0.15) is 88.2 Å². The van der Waals surface area contributed by atoms with Crippen LogP contribution in [0.4, 0.5) is 17.6 Å². The first kappa shape index (κ1) is 29.7. The molecule has 3 fully saturated rings. The predicted octanol–water partition coefficient (Wildman–Crippen LogP) is 9.31. The molecule has 1 saturated heterocycles. The Kier molecular flexibility index (Phi) is 9.68. The summed E-state index contributed by atoms with van der Waals surface area (Å²) < 4.78 is 76.2. The van der Waals surface area contributed by atoms with Gasteiger partial charge in [-0.1, -0.05) is 26.0 Å². The fourth-order valence-electron chi connectivity index (χ4n) is 6.54. The lowest BCUT2D eigenvalue weighted by molar-refractivity contribution is -0.226. The first-order chi connectivity index (χ1) is 19.2. The lowest BCUT2D eigenvalue weighted by atomic mass is 9.76. The first-order valence-electron chi connectivity index (χ1n) is 14.7. The Labute approximate surface area is 239 Å². The molecule has 5 rings (SSSR count). The van der Waals surface area contributed by atoms with E-state index in [0.29, 0.717) is 46.8 Å². The summed E-state index contributed by atoms with van der Waals surface area (Å²) >= 11 is 1.31. The van der Waals surface area contributed by atoms with Crippen LogP contribution < -0.4 is 4.74 Å². The summed E-state index contributed by atoms with van der Waals surface area (Å²) in [6, 6.07) is 9.44. The molecule has 0 N–H and O–H groups in total. The minimum Gasteiger partial charge on any atom is -0.432 e. The largest absolute Gasteiger partial charge is 0.432 e. The van der Waals surface area contributed by atoms with Crippen LogP contribution in [0.2, 0.25) is 0 Å². The summed E-state index contributed by atoms with van der Waals surface area (Å²) in [5, 5.41) is 0. The molecule has 8 heteroatoms. The number of ether oxygens (including phenoxy) is 3. The normalized spacial score (nSPS) is 29.8. The summed E-state index contributed by atoms with van der Waals surface area (Å²) in [5.74, 6) is -0.223. The maximum atomic E-state index is 15.3. The number of hydrogen-bond acceptors (Lipinski definition) is 4. The third-order valence-corrected chi connectivity index (χ3v) is 9.77. The molecule has 2 aromatic rings. The van der Waals surface area contributed by atoms with Crippen LogP contribution in [-0.4, -0.2) is 31.4 Å². The van der Waals surface area contributed by atoms with Crippen LogP contribution >= 0.6 is 11.8 Å². The zero-order valence-electron chi connectivity index (χ0n) is 23.4. The molecule has 1 heterocycles. The molecule has 40 heavy (non-hydrogen) atoms. The van der Waals surface area contributed by atoms with Gasteiger partial charge < -0.3 is 14.2 Å². The molecule has 0 unspecified atom stereocenters. The number of benzene rings is 2. The molecular weight excluding hydrogens is 540 g/mol. The number of halogens is 4. The highest BCUT2D eigenvalue weighted by molar-refractivity contribution is 7.99. The Bertz CT molecular complexity index is 1120. The molecule has 2 saturated carbocycles. The van der Waals surface area contributed by atoms with Gasteiger partial charge in [-0.15, -0.1) is 11.8 Å². The highest BCUT2D eigenvalue weighted by Gasteiger charge is 2.44. The van der Waals surface area contributed by atoms with E-state index in [1.807, 2.05) is 19.1 Å². The smallest absolute Gasteiger partial charge is 0.400 e. The summed E-state index contributed by atoms with van der Waals surface area (Å²) in [5.41, 5.74) is 1.63. The van der Waals surface area contributed by atoms with Crippen LogP contribution in [0.15, 0.2) is 41.3 Å². The van der Waals surface area contributed by atoms with Gasteiger partial charge in [-0.25, -0.2) is 8.78 Å². The number of thioether (sulfide) groups is 1. The molecule has 0 spiro atoms. The van der Waals surface area contributed by atoms with E-state index in [1.165, 1.54) is 23.9 Å². The fraction of sp³-hybridized carbons (Fsp3) is 0.625. The fourth-order valence-corrected chi connectivity index (χ4v) is 7.21. The quantitative estimate of drug-likeness (QED) is 0.230. The second-order valence-electron chi connectivity index (χ2n) is 11.8. The van der Waals surface area contributed by atoms with E-state index in [9.17, 15) is 13.2 Å². The van der Waals surface area contributed by atoms with Gasteiger partial charge in [0, 0.05) is 22.8 Å². The Balaban J connectivity index is 1.13. The molecule has 2 aromatic carbocycles. The number of rotatable bonds is 8. The average molecular weight is 581 g/mol. The molecule has 0 atom stereocenters. The Morgan fingerprint density at radius 2 is 1.52 bits per heavy atom. The van der Waals surface area contributed by atoms with E-state index >= 15 is 4.39 Å². The highest BCUT2D eigenvalue weighted by atomic mass is 32.2. The summed E-state index contributed by atoms with van der Waals surface area (Å²) in [6.45, 7) is 5.51. The lowest BCUT2D eigenvalue weighted by Crippen LogP contribution is -2.37. The van der Waals surface area contributed by atoms with Crippen molar-refractivity contribution in [2.45, 2.75) is 94.3 Å². The van der Waals surface area contributed by atoms with Crippen molar-refractivity contribution in [2.24, 2.45) is 17.8 Å². The topological polar surface area (TPSA) is 27.7 Å². The second kappa shape index (κ2) is 13.0. The van der Waals surface area contributed by atoms with Gasteiger partial charge in [0.25, 0.3) is 0 Å². The molecule has 0 amide bonds. The van der Waals surface area contributed by atoms with E-state index in [-0.39, 0.29) is 36.6 Å². The monoisotopic (exact) mass is 580 g/mol. The van der Waals surface area contributed by atoms with E-state index in [0.717, 1.165) is 50.5 Å². The maximum absolute atomic E-state index is 15.3. The van der Waals surface area contributed by atoms with Crippen molar-refractivity contribution in [1.82, 2.24) is 0 Å². The first-order valence-corrected chi connectivity index (χ1v) is 15.7. The van der Waals surface area contributed by atoms with Gasteiger partial charge in [0.05, 0.1) is 19.1 Å². The van der Waals surface area contributed by atoms with Crippen molar-refractivity contribution in [3.05, 3.63) is 59.2 Å². The van der Waals surface area contributed by atoms with Gasteiger partial charge >= 0.3 is 6.11 Å². The molecule has 3 nitrogen and oxygen atoms in total. The van der Waals surface area contributed by atoms with Crippen LogP contribution in [0.25, 0.3) is 0 Å². The van der Waals surface area contributed by atoms with Crippen molar-refractivity contribution < 1.29 is 31.8 Å². The van der Waals surface area contributed by atoms with Crippen LogP contribution in [-0.2, 0) is 9.47 Å². The number of hydrogen-bond donors (Lipinski definition) is 0. The minimum atomic E-state index is -3.41. The van der Waals surface area contributed by atoms with E-state index < -0.39 is 17.8 Å². The second-order valence-corrected chi connectivity index (χ2v) is 13.1. The van der Waals surface area contributed by atoms with Gasteiger partial charge in [0.1, 0.15) is 17.4 Å². The predicted molar refractivity (Wildman–Crippen MR) is 149 cm³/mol. The third-order valence-electron chi connectivity index (χ3n) is 8.84. The van der Waals surface area contributed by atoms with Crippen molar-refractivity contribution in [2.75, 3.05) is 19.0 Å². The van der Waals surface area contributed by atoms with Gasteiger partial charge in [-0.2, -0.15) is 8.78 Å². The van der Waals surface area contributed by atoms with Crippen LogP contribution in [0.3, 0.4) is 0 Å². The number of alkyl halides is 2.